The maximum Gasteiger partial charge on any atom is 0.255 e. The van der Waals surface area contributed by atoms with Crippen molar-refractivity contribution in [2.75, 3.05) is 26.2 Å². The molecule has 1 rings (SSSR count). The van der Waals surface area contributed by atoms with Gasteiger partial charge in [0.15, 0.2) is 0 Å². The molecule has 1 amide bonds. The highest BCUT2D eigenvalue weighted by Crippen LogP contribution is 2.02. The largest absolute Gasteiger partial charge is 0.351 e. The number of rotatable bonds is 6. The van der Waals surface area contributed by atoms with E-state index < -0.39 is 11.9 Å². The van der Waals surface area contributed by atoms with Gasteiger partial charge in [-0.3, -0.25) is 4.79 Å². The molecule has 0 atom stereocenters. The van der Waals surface area contributed by atoms with Crippen LogP contribution in [0.3, 0.4) is 0 Å². The first kappa shape index (κ1) is 13.6. The van der Waals surface area contributed by atoms with Crippen LogP contribution in [0, 0.1) is 5.95 Å². The third-order valence-electron chi connectivity index (χ3n) is 2.61. The topological polar surface area (TPSA) is 45.2 Å². The maximum absolute atomic E-state index is 13.2. The number of likely N-dealkylation sites (N-methyl/N-ethyl adjacent to an activating group) is 1. The van der Waals surface area contributed by atoms with Crippen LogP contribution in [0.4, 0.5) is 4.39 Å². The zero-order valence-corrected chi connectivity index (χ0v) is 10.2. The third kappa shape index (κ3) is 4.11. The van der Waals surface area contributed by atoms with Crippen molar-refractivity contribution >= 4 is 5.91 Å². The second-order valence-corrected chi connectivity index (χ2v) is 3.62. The van der Waals surface area contributed by atoms with Gasteiger partial charge in [-0.2, -0.15) is 4.39 Å². The van der Waals surface area contributed by atoms with E-state index in [-0.39, 0.29) is 5.56 Å². The summed E-state index contributed by atoms with van der Waals surface area (Å²) in [4.78, 5) is 17.2. The second kappa shape index (κ2) is 6.96. The molecule has 1 N–H and O–H groups in total. The summed E-state index contributed by atoms with van der Waals surface area (Å²) in [6.07, 6.45) is 1.32. The van der Waals surface area contributed by atoms with Crippen LogP contribution in [-0.4, -0.2) is 42.0 Å². The number of nitrogens with one attached hydrogen (secondary N) is 1. The minimum absolute atomic E-state index is 0.00736. The summed E-state index contributed by atoms with van der Waals surface area (Å²) in [7, 11) is 0. The molecule has 1 aromatic heterocycles. The van der Waals surface area contributed by atoms with Gasteiger partial charge in [-0.25, -0.2) is 4.98 Å². The average Bonchev–Trinajstić information content (AvgIpc) is 2.35. The van der Waals surface area contributed by atoms with Crippen molar-refractivity contribution in [3.63, 3.8) is 0 Å². The molecular weight excluding hydrogens is 220 g/mol. The molecule has 17 heavy (non-hydrogen) atoms. The van der Waals surface area contributed by atoms with Crippen LogP contribution in [0.1, 0.15) is 24.2 Å². The Labute approximate surface area is 101 Å². The first-order chi connectivity index (χ1) is 8.19. The Morgan fingerprint density at radius 3 is 2.76 bits per heavy atom. The van der Waals surface area contributed by atoms with Crippen molar-refractivity contribution in [1.29, 1.82) is 0 Å². The summed E-state index contributed by atoms with van der Waals surface area (Å²) in [6, 6.07) is 2.97. The van der Waals surface area contributed by atoms with Crippen LogP contribution < -0.4 is 5.32 Å². The van der Waals surface area contributed by atoms with Crippen LogP contribution in [0.25, 0.3) is 0 Å². The Bertz CT molecular complexity index is 367. The summed E-state index contributed by atoms with van der Waals surface area (Å²) >= 11 is 0. The number of hydrogen-bond donors (Lipinski definition) is 1. The van der Waals surface area contributed by atoms with Crippen molar-refractivity contribution in [1.82, 2.24) is 15.2 Å². The first-order valence-corrected chi connectivity index (χ1v) is 5.80. The molecule has 0 aliphatic rings. The van der Waals surface area contributed by atoms with Gasteiger partial charge in [0, 0.05) is 19.3 Å². The van der Waals surface area contributed by atoms with E-state index in [2.05, 4.69) is 29.0 Å². The van der Waals surface area contributed by atoms with E-state index in [1.807, 2.05) is 0 Å². The zero-order chi connectivity index (χ0) is 12.7. The van der Waals surface area contributed by atoms with Crippen LogP contribution in [0.15, 0.2) is 18.3 Å². The molecule has 5 heteroatoms. The smallest absolute Gasteiger partial charge is 0.255 e. The number of carbonyl (C=O) groups is 1. The van der Waals surface area contributed by atoms with E-state index in [1.54, 1.807) is 6.07 Å². The van der Waals surface area contributed by atoms with Gasteiger partial charge in [0.05, 0.1) is 5.56 Å². The molecule has 1 heterocycles. The lowest BCUT2D eigenvalue weighted by atomic mass is 9.90. The molecule has 0 radical (unpaired) electrons. The molecule has 0 fully saturated rings. The highest BCUT2D eigenvalue weighted by molar-refractivity contribution is 5.94. The summed E-state index contributed by atoms with van der Waals surface area (Å²) in [5.41, 5.74) is -0.00736. The van der Waals surface area contributed by atoms with E-state index in [9.17, 15) is 9.18 Å². The Morgan fingerprint density at radius 2 is 2.18 bits per heavy atom. The van der Waals surface area contributed by atoms with Crippen LogP contribution in [0.5, 0.6) is 0 Å². The first-order valence-electron chi connectivity index (χ1n) is 5.80. The number of pyridine rings is 1. The fourth-order valence-electron chi connectivity index (χ4n) is 1.52. The predicted molar refractivity (Wildman–Crippen MR) is 64.3 cm³/mol. The molecule has 0 spiro atoms. The molecule has 0 saturated carbocycles. The number of amides is 1. The minimum Gasteiger partial charge on any atom is -0.351 e. The Kier molecular flexibility index (Phi) is 5.56. The standard InChI is InChI=1S/C12H18FN3O/c1-3-16(4-2)9-8-15-12(17)10-6-5-7-14-11(10)13/h5-7H,3-4,8-9H2,1-2H3,(H,15,17)/i12-1. The number of nitrogens with zero attached hydrogens (tertiary/aromatic N) is 2. The number of carbonyl (C=O) groups excluding carboxylic acids is 1. The quantitative estimate of drug-likeness (QED) is 0.760. The highest BCUT2D eigenvalue weighted by Gasteiger charge is 2.11. The second-order valence-electron chi connectivity index (χ2n) is 3.62. The summed E-state index contributed by atoms with van der Waals surface area (Å²) in [5.74, 6) is -1.14. The van der Waals surface area contributed by atoms with E-state index in [1.165, 1.54) is 12.3 Å². The van der Waals surface area contributed by atoms with Crippen molar-refractivity contribution in [2.45, 2.75) is 13.8 Å². The SMILES string of the molecule is CCN(CC)CCN[11C](=O)c1cccnc1F. The summed E-state index contributed by atoms with van der Waals surface area (Å²) in [6.45, 7) is 7.27. The number of hydrogen-bond acceptors (Lipinski definition) is 3. The third-order valence-corrected chi connectivity index (χ3v) is 2.61. The van der Waals surface area contributed by atoms with E-state index in [0.717, 1.165) is 19.6 Å². The van der Waals surface area contributed by atoms with Crippen LogP contribution >= 0.6 is 0 Å². The Hall–Kier alpha value is -1.49. The fraction of sp³-hybridized carbons (Fsp3) is 0.500. The molecule has 0 bridgehead atoms. The molecule has 0 saturated heterocycles. The summed E-state index contributed by atoms with van der Waals surface area (Å²) < 4.78 is 13.2. The molecule has 94 valence electrons. The summed E-state index contributed by atoms with van der Waals surface area (Å²) in [5, 5.41) is 2.68. The van der Waals surface area contributed by atoms with Gasteiger partial charge < -0.3 is 10.2 Å². The van der Waals surface area contributed by atoms with Crippen molar-refractivity contribution in [3.05, 3.63) is 29.8 Å². The molecule has 4 nitrogen and oxygen atoms in total. The molecule has 0 aliphatic heterocycles. The average molecular weight is 238 g/mol. The normalized spacial score (nSPS) is 10.6. The van der Waals surface area contributed by atoms with Crippen molar-refractivity contribution < 1.29 is 9.18 Å². The van der Waals surface area contributed by atoms with Gasteiger partial charge in [-0.15, -0.1) is 0 Å². The van der Waals surface area contributed by atoms with Gasteiger partial charge in [-0.1, -0.05) is 13.8 Å². The molecule has 0 unspecified atom stereocenters. The van der Waals surface area contributed by atoms with E-state index in [0.29, 0.717) is 6.54 Å². The van der Waals surface area contributed by atoms with Gasteiger partial charge in [0.2, 0.25) is 5.95 Å². The number of halogens is 1. The Morgan fingerprint density at radius 1 is 1.47 bits per heavy atom. The van der Waals surface area contributed by atoms with Crippen LogP contribution in [-0.2, 0) is 0 Å². The monoisotopic (exact) mass is 238 g/mol. The molecule has 1 aromatic rings. The van der Waals surface area contributed by atoms with Crippen LogP contribution in [0.2, 0.25) is 0 Å². The Balaban J connectivity index is 2.43. The lowest BCUT2D eigenvalue weighted by Gasteiger charge is -2.17. The van der Waals surface area contributed by atoms with Gasteiger partial charge in [0.1, 0.15) is 0 Å². The maximum atomic E-state index is 13.2. The highest BCUT2D eigenvalue weighted by atomic mass is 19.1. The van der Waals surface area contributed by atoms with E-state index >= 15 is 0 Å². The fourth-order valence-corrected chi connectivity index (χ4v) is 1.52. The van der Waals surface area contributed by atoms with Crippen molar-refractivity contribution in [3.8, 4) is 0 Å². The molecule has 0 aromatic carbocycles. The molecule has 0 aliphatic carbocycles. The lowest BCUT2D eigenvalue weighted by molar-refractivity contribution is 0.0944. The number of aromatic nitrogens is 1. The van der Waals surface area contributed by atoms with Gasteiger partial charge in [-0.05, 0) is 25.2 Å². The lowest BCUT2D eigenvalue weighted by Crippen LogP contribution is -2.35. The predicted octanol–water partition coefficient (Wildman–Crippen LogP) is 1.29. The molecular formula is C12H18FN3O. The van der Waals surface area contributed by atoms with Gasteiger partial charge >= 0.3 is 0 Å². The van der Waals surface area contributed by atoms with Crippen molar-refractivity contribution in [2.24, 2.45) is 0 Å². The van der Waals surface area contributed by atoms with E-state index in [4.69, 9.17) is 0 Å². The van der Waals surface area contributed by atoms with Gasteiger partial charge in [0.25, 0.3) is 5.91 Å². The zero-order valence-electron chi connectivity index (χ0n) is 10.2. The minimum atomic E-state index is -0.729.